The predicted octanol–water partition coefficient (Wildman–Crippen LogP) is 4.98. The van der Waals surface area contributed by atoms with E-state index >= 15 is 0 Å². The number of likely N-dealkylation sites (N-methyl/N-ethyl adjacent to an activating group) is 1. The quantitative estimate of drug-likeness (QED) is 0.0695. The van der Waals surface area contributed by atoms with E-state index in [0.29, 0.717) is 32.2 Å². The summed E-state index contributed by atoms with van der Waals surface area (Å²) in [6.07, 6.45) is -2.09. The maximum Gasteiger partial charge on any atom is 0.408 e. The summed E-state index contributed by atoms with van der Waals surface area (Å²) in [7, 11) is 3.48. The van der Waals surface area contributed by atoms with Crippen LogP contribution in [0.1, 0.15) is 118 Å². The molecule has 0 saturated carbocycles. The van der Waals surface area contributed by atoms with Crippen molar-refractivity contribution in [1.82, 2.24) is 31.1 Å². The Morgan fingerprint density at radius 3 is 2.01 bits per heavy atom. The monoisotopic (exact) mass is 965 g/mol. The number of ether oxygens (including phenoxy) is 3. The Bertz CT molecular complexity index is 2010. The van der Waals surface area contributed by atoms with E-state index in [-0.39, 0.29) is 18.9 Å². The van der Waals surface area contributed by atoms with E-state index in [4.69, 9.17) is 14.2 Å². The van der Waals surface area contributed by atoms with E-state index in [9.17, 15) is 38.7 Å². The number of likely N-dealkylation sites (tertiary alicyclic amines) is 1. The maximum atomic E-state index is 14.2. The zero-order valence-corrected chi connectivity index (χ0v) is 43.1. The lowest BCUT2D eigenvalue weighted by Crippen LogP contribution is -2.60. The van der Waals surface area contributed by atoms with E-state index in [1.165, 1.54) is 11.8 Å². The molecule has 0 radical (unpaired) electrons. The Morgan fingerprint density at radius 2 is 1.45 bits per heavy atom. The van der Waals surface area contributed by atoms with Crippen molar-refractivity contribution < 1.29 is 52.9 Å². The van der Waals surface area contributed by atoms with Gasteiger partial charge in [0.15, 0.2) is 0 Å². The molecule has 1 saturated heterocycles. The van der Waals surface area contributed by atoms with Crippen molar-refractivity contribution in [1.29, 1.82) is 0 Å². The Morgan fingerprint density at radius 1 is 0.826 bits per heavy atom. The lowest BCUT2D eigenvalue weighted by Gasteiger charge is -2.33. The number of nitrogens with zero attached hydrogens (tertiary/aromatic N) is 2. The van der Waals surface area contributed by atoms with E-state index in [1.54, 1.807) is 60.5 Å². The first-order valence-electron chi connectivity index (χ1n) is 24.3. The van der Waals surface area contributed by atoms with E-state index < -0.39 is 114 Å². The second-order valence-electron chi connectivity index (χ2n) is 20.4. The molecule has 5 amide bonds. The van der Waals surface area contributed by atoms with Crippen molar-refractivity contribution in [2.75, 3.05) is 20.6 Å². The van der Waals surface area contributed by atoms with Gasteiger partial charge in [-0.05, 0) is 103 Å². The highest BCUT2D eigenvalue weighted by molar-refractivity contribution is 5.94. The molecule has 17 heteroatoms. The minimum atomic E-state index is -1.48. The molecule has 2 aromatic carbocycles. The normalized spacial score (nSPS) is 17.4. The number of amides is 5. The summed E-state index contributed by atoms with van der Waals surface area (Å²) >= 11 is 0. The van der Waals surface area contributed by atoms with Crippen LogP contribution in [0.3, 0.4) is 0 Å². The average Bonchev–Trinajstić information content (AvgIpc) is 3.77. The highest BCUT2D eigenvalue weighted by Crippen LogP contribution is 2.23. The third kappa shape index (κ3) is 18.7. The molecule has 1 fully saturated rings. The van der Waals surface area contributed by atoms with Crippen molar-refractivity contribution in [3.05, 3.63) is 71.3 Å². The molecule has 1 aliphatic heterocycles. The minimum Gasteiger partial charge on any atom is -0.459 e. The Hall–Kier alpha value is -5.55. The van der Waals surface area contributed by atoms with E-state index in [0.717, 1.165) is 16.7 Å². The smallest absolute Gasteiger partial charge is 0.408 e. The SMILES string of the molecule is CC[C@H](C)[C@@H](NC(=O)[C@@H](NC(=O)OC(C)(C)C)[C@@H](C)OC(=O)[C@H](Cc1ccc(C)cc1)N(C)C)[C@@H](O)CC(=O)N[C@H](C(=O)N[C@@H](CC(C)C)C(=O)N1CCC[C@H]1C(=O)OCc1ccccc1)C(C)C. The Balaban J connectivity index is 1.77. The number of aliphatic hydroxyl groups excluding tert-OH is 1. The van der Waals surface area contributed by atoms with Gasteiger partial charge in [0.05, 0.1) is 18.6 Å². The third-order valence-corrected chi connectivity index (χ3v) is 12.2. The number of rotatable bonds is 24. The number of carbonyl (C=O) groups is 7. The van der Waals surface area contributed by atoms with Gasteiger partial charge >= 0.3 is 18.0 Å². The summed E-state index contributed by atoms with van der Waals surface area (Å²) in [6.45, 7) is 19.7. The number of nitrogens with one attached hydrogen (secondary N) is 4. The van der Waals surface area contributed by atoms with Gasteiger partial charge in [-0.3, -0.25) is 28.9 Å². The molecule has 1 aliphatic rings. The first-order valence-corrected chi connectivity index (χ1v) is 24.3. The van der Waals surface area contributed by atoms with Crippen LogP contribution >= 0.6 is 0 Å². The lowest BCUT2D eigenvalue weighted by atomic mass is 9.91. The van der Waals surface area contributed by atoms with Gasteiger partial charge in [-0.2, -0.15) is 0 Å². The van der Waals surface area contributed by atoms with Crippen LogP contribution in [-0.4, -0.2) is 131 Å². The number of carbonyl (C=O) groups excluding carboxylic acids is 7. The van der Waals surface area contributed by atoms with E-state index in [2.05, 4.69) is 21.3 Å². The van der Waals surface area contributed by atoms with Crippen molar-refractivity contribution >= 4 is 41.7 Å². The van der Waals surface area contributed by atoms with Crippen LogP contribution in [0.15, 0.2) is 54.6 Å². The summed E-state index contributed by atoms with van der Waals surface area (Å²) in [5.74, 6) is -4.55. The second-order valence-corrected chi connectivity index (χ2v) is 20.4. The van der Waals surface area contributed by atoms with Crippen molar-refractivity contribution in [2.24, 2.45) is 17.8 Å². The lowest BCUT2D eigenvalue weighted by molar-refractivity contribution is -0.156. The van der Waals surface area contributed by atoms with Gasteiger partial charge < -0.3 is 45.5 Å². The van der Waals surface area contributed by atoms with Crippen molar-refractivity contribution in [2.45, 2.75) is 175 Å². The molecule has 1 heterocycles. The van der Waals surface area contributed by atoms with Gasteiger partial charge in [0.2, 0.25) is 23.6 Å². The van der Waals surface area contributed by atoms with Gasteiger partial charge in [0.25, 0.3) is 0 Å². The summed E-state index contributed by atoms with van der Waals surface area (Å²) in [5, 5.41) is 22.6. The summed E-state index contributed by atoms with van der Waals surface area (Å²) < 4.78 is 16.9. The van der Waals surface area contributed by atoms with Gasteiger partial charge in [0.1, 0.15) is 48.5 Å². The predicted molar refractivity (Wildman–Crippen MR) is 262 cm³/mol. The number of alkyl carbamates (subject to hydrolysis) is 1. The van der Waals surface area contributed by atoms with Gasteiger partial charge in [-0.15, -0.1) is 0 Å². The molecule has 0 spiro atoms. The molecule has 5 N–H and O–H groups in total. The third-order valence-electron chi connectivity index (χ3n) is 12.2. The fourth-order valence-corrected chi connectivity index (χ4v) is 8.05. The summed E-state index contributed by atoms with van der Waals surface area (Å²) in [5.41, 5.74) is 1.85. The topological polar surface area (TPSA) is 222 Å². The number of esters is 2. The van der Waals surface area contributed by atoms with Crippen LogP contribution in [0.4, 0.5) is 4.79 Å². The molecule has 0 unspecified atom stereocenters. The zero-order valence-electron chi connectivity index (χ0n) is 43.1. The number of hydrogen-bond donors (Lipinski definition) is 5. The Kier molecular flexibility index (Phi) is 22.6. The van der Waals surface area contributed by atoms with Crippen molar-refractivity contribution in [3.63, 3.8) is 0 Å². The van der Waals surface area contributed by atoms with Gasteiger partial charge in [-0.25, -0.2) is 9.59 Å². The standard InChI is InChI=1S/C52H80N6O11/c1-14-34(7)44(55-47(62)45(56-51(66)69-52(9,10)11)35(8)68-50(65)40(57(12)13)28-36-24-22-33(6)23-25-36)41(59)29-42(60)54-43(32(4)5)46(61)53-38(27-31(2)3)48(63)58-26-18-21-39(58)49(64)67-30-37-19-16-15-17-20-37/h15-17,19-20,22-25,31-32,34-35,38-41,43-45,59H,14,18,21,26-30H2,1-13H3,(H,53,61)(H,54,60)(H,55,62)(H,56,66)/t34-,35+,38-,39-,40-,41-,43-,44+,45-/m0/s1. The highest BCUT2D eigenvalue weighted by atomic mass is 16.6. The number of aliphatic hydroxyl groups is 1. The molecule has 0 aromatic heterocycles. The Labute approximate surface area is 409 Å². The maximum absolute atomic E-state index is 14.2. The molecule has 9 atom stereocenters. The van der Waals surface area contributed by atoms with E-state index in [1.807, 2.05) is 82.3 Å². The van der Waals surface area contributed by atoms with Crippen LogP contribution in [-0.2, 0) is 56.0 Å². The summed E-state index contributed by atoms with van der Waals surface area (Å²) in [4.78, 5) is 99.4. The largest absolute Gasteiger partial charge is 0.459 e. The van der Waals surface area contributed by atoms with Crippen LogP contribution in [0.2, 0.25) is 0 Å². The molecule has 2 aromatic rings. The van der Waals surface area contributed by atoms with Crippen LogP contribution in [0.5, 0.6) is 0 Å². The van der Waals surface area contributed by atoms with Gasteiger partial charge in [-0.1, -0.05) is 108 Å². The molecule has 69 heavy (non-hydrogen) atoms. The fourth-order valence-electron chi connectivity index (χ4n) is 8.05. The number of hydrogen-bond acceptors (Lipinski definition) is 12. The van der Waals surface area contributed by atoms with Crippen molar-refractivity contribution in [3.8, 4) is 0 Å². The number of aryl methyl sites for hydroxylation is 1. The van der Waals surface area contributed by atoms with Crippen LogP contribution in [0, 0.1) is 24.7 Å². The number of benzene rings is 2. The zero-order chi connectivity index (χ0) is 51.7. The summed E-state index contributed by atoms with van der Waals surface area (Å²) in [6, 6.07) is 10.8. The molecule has 0 bridgehead atoms. The highest BCUT2D eigenvalue weighted by Gasteiger charge is 2.41. The van der Waals surface area contributed by atoms with Gasteiger partial charge in [0, 0.05) is 6.54 Å². The molecule has 0 aliphatic carbocycles. The average molecular weight is 965 g/mol. The molecule has 17 nitrogen and oxygen atoms in total. The first-order chi connectivity index (χ1) is 32.3. The molecular formula is C52H80N6O11. The molecule has 384 valence electrons. The fraction of sp³-hybridized carbons (Fsp3) is 0.635. The second kappa shape index (κ2) is 27.0. The van der Waals surface area contributed by atoms with Crippen LogP contribution in [0.25, 0.3) is 0 Å². The minimum absolute atomic E-state index is 0.0201. The first kappa shape index (κ1) is 57.8. The van der Waals surface area contributed by atoms with Crippen LogP contribution < -0.4 is 21.3 Å². The molecular weight excluding hydrogens is 885 g/mol. The molecule has 3 rings (SSSR count).